The molecule has 3 saturated carbocycles. The van der Waals surface area contributed by atoms with Crippen LogP contribution in [0.2, 0.25) is 0 Å². The number of hydrogen-bond acceptors (Lipinski definition) is 6. The molecule has 496 valence electrons. The lowest BCUT2D eigenvalue weighted by molar-refractivity contribution is -0.0732. The molecule has 0 spiro atoms. The minimum absolute atomic E-state index is 0.0648. The van der Waals surface area contributed by atoms with Crippen molar-refractivity contribution in [1.29, 1.82) is 0 Å². The number of nitrogens with one attached hydrogen (secondary N) is 2. The van der Waals surface area contributed by atoms with Gasteiger partial charge in [-0.05, 0) is 151 Å². The molecule has 3 unspecified atom stereocenters. The zero-order chi connectivity index (χ0) is 63.9. The van der Waals surface area contributed by atoms with Gasteiger partial charge in [0.05, 0.1) is 19.3 Å². The highest BCUT2D eigenvalue weighted by Crippen LogP contribution is 2.32. The Bertz CT molecular complexity index is 744. The molecule has 6 nitrogen and oxygen atoms in total. The standard InChI is InChI=1S/3C8H16.3C7H15N.C7H14O.C6H12O2.8C2H6/c3*1-7(2)8-5-3-4-6-8;1-6(2)7-3-4-8-5-7;1-7(2)8-5-3-4-6-8;2*1-6(2)7-4-3-5-8-7;1-5(2)6-7-3-4-8-6;8*1-2/h3*7-8H,3-6H2,1-2H3;6-8H,3-5H2,1-2H3;7H,3-6H2,1-2H3;6-8H,3-5H2,1-2H3;6-7H,3-5H2,1-2H3;5-6H,3-4H2,1-2H3;8*1-2H3. The quantitative estimate of drug-likeness (QED) is 0.253. The van der Waals surface area contributed by atoms with E-state index in [4.69, 9.17) is 14.2 Å². The van der Waals surface area contributed by atoms with Crippen molar-refractivity contribution >= 4 is 0 Å². The highest BCUT2D eigenvalue weighted by atomic mass is 16.7. The maximum absolute atomic E-state index is 5.41. The van der Waals surface area contributed by atoms with Crippen LogP contribution in [0.15, 0.2) is 0 Å². The van der Waals surface area contributed by atoms with Gasteiger partial charge in [0.15, 0.2) is 6.29 Å². The third-order valence-corrected chi connectivity index (χ3v) is 15.7. The molecule has 2 N–H and O–H groups in total. The molecule has 5 aliphatic heterocycles. The van der Waals surface area contributed by atoms with Crippen molar-refractivity contribution < 1.29 is 14.2 Å². The van der Waals surface area contributed by atoms with Crippen molar-refractivity contribution in [1.82, 2.24) is 15.5 Å². The molecule has 0 aromatic carbocycles. The Morgan fingerprint density at radius 1 is 0.312 bits per heavy atom. The van der Waals surface area contributed by atoms with Crippen LogP contribution in [0.1, 0.15) is 344 Å². The molecule has 0 bridgehead atoms. The Morgan fingerprint density at radius 3 is 0.825 bits per heavy atom. The van der Waals surface area contributed by atoms with Crippen molar-refractivity contribution in [2.45, 2.75) is 368 Å². The van der Waals surface area contributed by atoms with Crippen molar-refractivity contribution in [3.63, 3.8) is 0 Å². The largest absolute Gasteiger partial charge is 0.378 e. The summed E-state index contributed by atoms with van der Waals surface area (Å²) < 4.78 is 15.8. The lowest BCUT2D eigenvalue weighted by Gasteiger charge is -2.18. The summed E-state index contributed by atoms with van der Waals surface area (Å²) in [6.07, 6.45) is 28.1. The molecule has 3 atom stereocenters. The van der Waals surface area contributed by atoms with E-state index in [0.29, 0.717) is 12.0 Å². The van der Waals surface area contributed by atoms with E-state index < -0.39 is 0 Å². The molecular weight excluding hydrogens is 979 g/mol. The normalized spacial score (nSPS) is 20.9. The number of likely N-dealkylation sites (tertiary alicyclic amines) is 1. The Labute approximate surface area is 513 Å². The molecule has 80 heavy (non-hydrogen) atoms. The van der Waals surface area contributed by atoms with Crippen LogP contribution in [0.3, 0.4) is 0 Å². The van der Waals surface area contributed by atoms with E-state index >= 15 is 0 Å². The van der Waals surface area contributed by atoms with Gasteiger partial charge in [-0.3, -0.25) is 0 Å². The van der Waals surface area contributed by atoms with E-state index in [0.717, 1.165) is 91.1 Å². The van der Waals surface area contributed by atoms with Gasteiger partial charge in [-0.15, -0.1) is 0 Å². The molecule has 8 aliphatic rings. The first-order valence-electron chi connectivity index (χ1n) is 36.5. The topological polar surface area (TPSA) is 55.0 Å². The molecule has 0 radical (unpaired) electrons. The fraction of sp³-hybridized carbons (Fsp3) is 1.00. The summed E-state index contributed by atoms with van der Waals surface area (Å²) in [5.74, 6) is 9.90. The second kappa shape index (κ2) is 74.9. The van der Waals surface area contributed by atoms with Gasteiger partial charge in [-0.2, -0.15) is 0 Å². The first kappa shape index (κ1) is 96.1. The fourth-order valence-electron chi connectivity index (χ4n) is 10.5. The number of hydrogen-bond donors (Lipinski definition) is 2. The summed E-state index contributed by atoms with van der Waals surface area (Å²) in [6.45, 7) is 77.3. The van der Waals surface area contributed by atoms with Crippen molar-refractivity contribution in [3.05, 3.63) is 0 Å². The predicted molar refractivity (Wildman–Crippen MR) is 373 cm³/mol. The van der Waals surface area contributed by atoms with E-state index in [1.54, 1.807) is 0 Å². The van der Waals surface area contributed by atoms with E-state index in [-0.39, 0.29) is 6.29 Å². The van der Waals surface area contributed by atoms with Crippen LogP contribution in [-0.4, -0.2) is 81.9 Å². The highest BCUT2D eigenvalue weighted by Gasteiger charge is 2.22. The second-order valence-corrected chi connectivity index (χ2v) is 23.8. The van der Waals surface area contributed by atoms with Crippen LogP contribution >= 0.6 is 0 Å². The van der Waals surface area contributed by atoms with E-state index in [1.807, 2.05) is 111 Å². The molecule has 8 rings (SSSR count). The summed E-state index contributed by atoms with van der Waals surface area (Å²) in [4.78, 5) is 2.53. The fourth-order valence-corrected chi connectivity index (χ4v) is 10.5. The minimum Gasteiger partial charge on any atom is -0.378 e. The summed E-state index contributed by atoms with van der Waals surface area (Å²) in [6, 6.07) is 1.59. The van der Waals surface area contributed by atoms with Gasteiger partial charge in [0, 0.05) is 24.6 Å². The van der Waals surface area contributed by atoms with Crippen LogP contribution < -0.4 is 10.6 Å². The van der Waals surface area contributed by atoms with Gasteiger partial charge in [0.25, 0.3) is 0 Å². The van der Waals surface area contributed by atoms with Gasteiger partial charge >= 0.3 is 0 Å². The summed E-state index contributed by atoms with van der Waals surface area (Å²) in [7, 11) is 0. The first-order chi connectivity index (χ1) is 38.4. The molecule has 6 heteroatoms. The van der Waals surface area contributed by atoms with Crippen molar-refractivity contribution in [3.8, 4) is 0 Å². The number of nitrogens with zero attached hydrogens (tertiary/aromatic N) is 1. The SMILES string of the molecule is CC.CC.CC.CC.CC.CC.CC.CC.CC(C)C1CCCC1.CC(C)C1CCCC1.CC(C)C1CCCC1.CC(C)C1CCCN1.CC(C)C1CCCO1.CC(C)C1CCNC1.CC(C)C1OCCO1.CC(C)N1CCCC1. The van der Waals surface area contributed by atoms with Crippen LogP contribution in [0.4, 0.5) is 0 Å². The second-order valence-electron chi connectivity index (χ2n) is 23.8. The maximum Gasteiger partial charge on any atom is 0.160 e. The Morgan fingerprint density at radius 2 is 0.675 bits per heavy atom. The zero-order valence-electron chi connectivity index (χ0n) is 62.4. The van der Waals surface area contributed by atoms with Gasteiger partial charge < -0.3 is 29.7 Å². The third-order valence-electron chi connectivity index (χ3n) is 15.7. The van der Waals surface area contributed by atoms with Crippen LogP contribution in [0, 0.1) is 65.1 Å². The Balaban J connectivity index is -0.000000119. The summed E-state index contributed by atoms with van der Waals surface area (Å²) in [5, 5.41) is 6.81. The Kier molecular flexibility index (Phi) is 89.9. The molecule has 0 aromatic rings. The summed E-state index contributed by atoms with van der Waals surface area (Å²) >= 11 is 0. The summed E-state index contributed by atoms with van der Waals surface area (Å²) in [5.41, 5.74) is 0. The molecule has 8 fully saturated rings. The van der Waals surface area contributed by atoms with Crippen LogP contribution in [0.25, 0.3) is 0 Å². The van der Waals surface area contributed by atoms with Gasteiger partial charge in [-0.1, -0.05) is 285 Å². The molecular formula is C74H167N3O3. The number of ether oxygens (including phenoxy) is 3. The van der Waals surface area contributed by atoms with Crippen molar-refractivity contribution in [2.75, 3.05) is 52.5 Å². The van der Waals surface area contributed by atoms with E-state index in [2.05, 4.69) is 126 Å². The third kappa shape index (κ3) is 59.5. The lowest BCUT2D eigenvalue weighted by atomic mass is 9.95. The first-order valence-corrected chi connectivity index (χ1v) is 36.5. The minimum atomic E-state index is 0.0648. The monoisotopic (exact) mass is 1150 g/mol. The van der Waals surface area contributed by atoms with E-state index in [9.17, 15) is 0 Å². The van der Waals surface area contributed by atoms with Crippen LogP contribution in [-0.2, 0) is 14.2 Å². The average Bonchev–Trinajstić information content (AvgIpc) is 4.34. The molecule has 3 aliphatic carbocycles. The smallest absolute Gasteiger partial charge is 0.160 e. The average molecular weight is 1150 g/mol. The highest BCUT2D eigenvalue weighted by molar-refractivity contribution is 4.77. The van der Waals surface area contributed by atoms with Crippen molar-refractivity contribution in [2.24, 2.45) is 65.1 Å². The molecule has 5 saturated heterocycles. The maximum atomic E-state index is 5.41. The van der Waals surface area contributed by atoms with Crippen LogP contribution in [0.5, 0.6) is 0 Å². The Hall–Kier alpha value is -0.240. The van der Waals surface area contributed by atoms with E-state index in [1.165, 1.54) is 155 Å². The zero-order valence-corrected chi connectivity index (χ0v) is 62.4. The van der Waals surface area contributed by atoms with Gasteiger partial charge in [-0.25, -0.2) is 0 Å². The van der Waals surface area contributed by atoms with Gasteiger partial charge in [0.2, 0.25) is 0 Å². The lowest BCUT2D eigenvalue weighted by Crippen LogP contribution is -2.26. The predicted octanol–water partition coefficient (Wildman–Crippen LogP) is 23.7. The number of rotatable bonds is 8. The molecule has 5 heterocycles. The van der Waals surface area contributed by atoms with Gasteiger partial charge in [0.1, 0.15) is 0 Å². The molecule has 0 aromatic heterocycles. The molecule has 0 amide bonds.